The summed E-state index contributed by atoms with van der Waals surface area (Å²) in [5.41, 5.74) is 4.40. The molecular formula is C23H23N3O2. The van der Waals surface area contributed by atoms with Crippen molar-refractivity contribution in [1.82, 2.24) is 9.88 Å². The van der Waals surface area contributed by atoms with Crippen molar-refractivity contribution >= 4 is 17.5 Å². The molecule has 5 nitrogen and oxygen atoms in total. The van der Waals surface area contributed by atoms with Crippen LogP contribution in [-0.4, -0.2) is 28.7 Å². The van der Waals surface area contributed by atoms with E-state index in [9.17, 15) is 9.59 Å². The van der Waals surface area contributed by atoms with Crippen LogP contribution < -0.4 is 5.32 Å². The van der Waals surface area contributed by atoms with Crippen molar-refractivity contribution in [3.8, 4) is 0 Å². The molecule has 2 aromatic carbocycles. The van der Waals surface area contributed by atoms with Crippen molar-refractivity contribution in [1.29, 1.82) is 0 Å². The van der Waals surface area contributed by atoms with Crippen LogP contribution in [-0.2, 0) is 6.54 Å². The van der Waals surface area contributed by atoms with Crippen molar-refractivity contribution in [3.63, 3.8) is 0 Å². The topological polar surface area (TPSA) is 62.3 Å². The number of aromatic nitrogens is 1. The summed E-state index contributed by atoms with van der Waals surface area (Å²) < 4.78 is 0. The van der Waals surface area contributed by atoms with Crippen LogP contribution in [0.25, 0.3) is 0 Å². The Balaban J connectivity index is 1.76. The average molecular weight is 373 g/mol. The molecule has 0 bridgehead atoms. The molecule has 1 heterocycles. The molecule has 0 unspecified atom stereocenters. The van der Waals surface area contributed by atoms with E-state index in [0.29, 0.717) is 12.1 Å². The maximum Gasteiger partial charge on any atom is 0.274 e. The van der Waals surface area contributed by atoms with Gasteiger partial charge in [0, 0.05) is 31.0 Å². The van der Waals surface area contributed by atoms with Gasteiger partial charge in [0.15, 0.2) is 0 Å². The summed E-state index contributed by atoms with van der Waals surface area (Å²) in [6, 6.07) is 18.7. The number of pyridine rings is 1. The number of carbonyl (C=O) groups excluding carboxylic acids is 2. The van der Waals surface area contributed by atoms with Gasteiger partial charge in [-0.2, -0.15) is 0 Å². The Morgan fingerprint density at radius 1 is 0.964 bits per heavy atom. The highest BCUT2D eigenvalue weighted by Gasteiger charge is 2.16. The molecule has 0 aliphatic rings. The molecule has 1 aromatic heterocycles. The first-order valence-corrected chi connectivity index (χ1v) is 9.08. The lowest BCUT2D eigenvalue weighted by Gasteiger charge is -2.17. The molecule has 142 valence electrons. The average Bonchev–Trinajstić information content (AvgIpc) is 2.71. The predicted molar refractivity (Wildman–Crippen MR) is 110 cm³/mol. The van der Waals surface area contributed by atoms with Gasteiger partial charge in [-0.25, -0.2) is 0 Å². The first kappa shape index (κ1) is 19.3. The van der Waals surface area contributed by atoms with Crippen LogP contribution >= 0.6 is 0 Å². The third-order valence-corrected chi connectivity index (χ3v) is 4.57. The van der Waals surface area contributed by atoms with E-state index >= 15 is 0 Å². The number of para-hydroxylation sites is 1. The van der Waals surface area contributed by atoms with Crippen LogP contribution in [0.3, 0.4) is 0 Å². The fourth-order valence-corrected chi connectivity index (χ4v) is 3.03. The fraction of sp³-hybridized carbons (Fsp3) is 0.174. The van der Waals surface area contributed by atoms with E-state index in [4.69, 9.17) is 0 Å². The Labute approximate surface area is 165 Å². The Kier molecular flexibility index (Phi) is 5.84. The van der Waals surface area contributed by atoms with Crippen LogP contribution in [0.2, 0.25) is 0 Å². The zero-order valence-electron chi connectivity index (χ0n) is 16.3. The molecule has 5 heteroatoms. The minimum atomic E-state index is -0.335. The summed E-state index contributed by atoms with van der Waals surface area (Å²) in [5, 5.41) is 2.90. The van der Waals surface area contributed by atoms with Gasteiger partial charge >= 0.3 is 0 Å². The second-order valence-electron chi connectivity index (χ2n) is 6.80. The van der Waals surface area contributed by atoms with Gasteiger partial charge < -0.3 is 10.2 Å². The SMILES string of the molecule is Cc1cccc(C)c1NC(=O)c1cc(C(=O)N(C)Cc2ccccc2)ccn1. The number of rotatable bonds is 5. The van der Waals surface area contributed by atoms with Crippen molar-refractivity contribution in [2.24, 2.45) is 0 Å². The highest BCUT2D eigenvalue weighted by Crippen LogP contribution is 2.20. The van der Waals surface area contributed by atoms with Crippen molar-refractivity contribution in [2.75, 3.05) is 12.4 Å². The zero-order valence-corrected chi connectivity index (χ0v) is 16.3. The van der Waals surface area contributed by atoms with Gasteiger partial charge in [-0.15, -0.1) is 0 Å². The summed E-state index contributed by atoms with van der Waals surface area (Å²) in [6.45, 7) is 4.37. The highest BCUT2D eigenvalue weighted by molar-refractivity contribution is 6.05. The maximum atomic E-state index is 12.8. The molecule has 3 aromatic rings. The van der Waals surface area contributed by atoms with Crippen molar-refractivity contribution in [3.05, 3.63) is 94.8 Å². The number of nitrogens with one attached hydrogen (secondary N) is 1. The largest absolute Gasteiger partial charge is 0.337 e. The minimum Gasteiger partial charge on any atom is -0.337 e. The Bertz CT molecular complexity index is 979. The molecule has 0 atom stereocenters. The molecule has 0 aliphatic heterocycles. The number of aryl methyl sites for hydroxylation is 2. The van der Waals surface area contributed by atoms with Crippen LogP contribution in [0.15, 0.2) is 66.9 Å². The fourth-order valence-electron chi connectivity index (χ4n) is 3.03. The number of nitrogens with zero attached hydrogens (tertiary/aromatic N) is 2. The molecule has 1 N–H and O–H groups in total. The summed E-state index contributed by atoms with van der Waals surface area (Å²) in [7, 11) is 1.74. The van der Waals surface area contributed by atoms with E-state index in [1.807, 2.05) is 62.4 Å². The summed E-state index contributed by atoms with van der Waals surface area (Å²) >= 11 is 0. The van der Waals surface area contributed by atoms with Crippen LogP contribution in [0.4, 0.5) is 5.69 Å². The second-order valence-corrected chi connectivity index (χ2v) is 6.80. The second kappa shape index (κ2) is 8.48. The minimum absolute atomic E-state index is 0.160. The molecule has 28 heavy (non-hydrogen) atoms. The molecule has 0 radical (unpaired) electrons. The van der Waals surface area contributed by atoms with Gasteiger partial charge in [-0.05, 0) is 42.7 Å². The predicted octanol–water partition coefficient (Wildman–Crippen LogP) is 4.22. The smallest absolute Gasteiger partial charge is 0.274 e. The Hall–Kier alpha value is -3.47. The molecular weight excluding hydrogens is 350 g/mol. The van der Waals surface area contributed by atoms with Gasteiger partial charge in [-0.1, -0.05) is 48.5 Å². The van der Waals surface area contributed by atoms with Gasteiger partial charge in [0.2, 0.25) is 0 Å². The molecule has 0 spiro atoms. The van der Waals surface area contributed by atoms with E-state index in [-0.39, 0.29) is 17.5 Å². The van der Waals surface area contributed by atoms with E-state index in [1.54, 1.807) is 18.0 Å². The van der Waals surface area contributed by atoms with Gasteiger partial charge in [0.05, 0.1) is 0 Å². The van der Waals surface area contributed by atoms with Gasteiger partial charge in [-0.3, -0.25) is 14.6 Å². The van der Waals surface area contributed by atoms with E-state index < -0.39 is 0 Å². The van der Waals surface area contributed by atoms with Crippen LogP contribution in [0, 0.1) is 13.8 Å². The lowest BCUT2D eigenvalue weighted by molar-refractivity contribution is 0.0785. The Morgan fingerprint density at radius 3 is 2.32 bits per heavy atom. The first-order valence-electron chi connectivity index (χ1n) is 9.08. The summed E-state index contributed by atoms with van der Waals surface area (Å²) in [6.07, 6.45) is 1.49. The zero-order chi connectivity index (χ0) is 20.1. The number of anilines is 1. The maximum absolute atomic E-state index is 12.8. The summed E-state index contributed by atoms with van der Waals surface area (Å²) in [4.78, 5) is 31.2. The monoisotopic (exact) mass is 373 g/mol. The van der Waals surface area contributed by atoms with Gasteiger partial charge in [0.25, 0.3) is 11.8 Å². The number of hydrogen-bond donors (Lipinski definition) is 1. The standard InChI is InChI=1S/C23H23N3O2/c1-16-8-7-9-17(2)21(16)25-22(27)20-14-19(12-13-24-20)23(28)26(3)15-18-10-5-4-6-11-18/h4-14H,15H2,1-3H3,(H,25,27). The number of benzene rings is 2. The third-order valence-electron chi connectivity index (χ3n) is 4.57. The van der Waals surface area contributed by atoms with Crippen molar-refractivity contribution < 1.29 is 9.59 Å². The third kappa shape index (κ3) is 4.43. The van der Waals surface area contributed by atoms with E-state index in [0.717, 1.165) is 22.4 Å². The van der Waals surface area contributed by atoms with Gasteiger partial charge in [0.1, 0.15) is 5.69 Å². The molecule has 0 saturated heterocycles. The van der Waals surface area contributed by atoms with Crippen LogP contribution in [0.1, 0.15) is 37.5 Å². The van der Waals surface area contributed by atoms with E-state index in [1.165, 1.54) is 12.3 Å². The lowest BCUT2D eigenvalue weighted by atomic mass is 10.1. The van der Waals surface area contributed by atoms with Crippen molar-refractivity contribution in [2.45, 2.75) is 20.4 Å². The number of carbonyl (C=O) groups is 2. The van der Waals surface area contributed by atoms with Crippen LogP contribution in [0.5, 0.6) is 0 Å². The lowest BCUT2D eigenvalue weighted by Crippen LogP contribution is -2.26. The highest BCUT2D eigenvalue weighted by atomic mass is 16.2. The normalized spacial score (nSPS) is 10.4. The summed E-state index contributed by atoms with van der Waals surface area (Å²) in [5.74, 6) is -0.495. The quantitative estimate of drug-likeness (QED) is 0.728. The molecule has 2 amide bonds. The molecule has 0 fully saturated rings. The molecule has 3 rings (SSSR count). The molecule has 0 saturated carbocycles. The first-order chi connectivity index (χ1) is 13.5. The van der Waals surface area contributed by atoms with E-state index in [2.05, 4.69) is 10.3 Å². The Morgan fingerprint density at radius 2 is 1.64 bits per heavy atom. The number of amides is 2. The number of hydrogen-bond acceptors (Lipinski definition) is 3. The molecule has 0 aliphatic carbocycles.